The third kappa shape index (κ3) is 5.19. The van der Waals surface area contributed by atoms with Crippen molar-refractivity contribution in [2.24, 2.45) is 5.73 Å². The molecule has 0 aliphatic carbocycles. The zero-order chi connectivity index (χ0) is 15.1. The van der Waals surface area contributed by atoms with Crippen molar-refractivity contribution in [2.45, 2.75) is 4.90 Å². The number of urea groups is 1. The standard InChI is InChI=1S/C12H15N3O4S/c1-20-9-4-2-3-8(5-9)14-12(19)15(6-10(13)16)7-11(17)18/h2-5H,6-7H2,1H3,(H2,13,16)(H,14,19)(H,17,18). The summed E-state index contributed by atoms with van der Waals surface area (Å²) < 4.78 is 0. The van der Waals surface area contributed by atoms with Gasteiger partial charge in [-0.3, -0.25) is 9.59 Å². The molecule has 8 heteroatoms. The zero-order valence-electron chi connectivity index (χ0n) is 10.8. The Morgan fingerprint density at radius 3 is 2.60 bits per heavy atom. The Bertz CT molecular complexity index is 505. The van der Waals surface area contributed by atoms with Crippen molar-refractivity contribution in [2.75, 3.05) is 24.7 Å². The highest BCUT2D eigenvalue weighted by Gasteiger charge is 2.18. The van der Waals surface area contributed by atoms with Crippen LogP contribution in [0.25, 0.3) is 0 Å². The fourth-order valence-corrected chi connectivity index (χ4v) is 1.91. The zero-order valence-corrected chi connectivity index (χ0v) is 11.6. The Hall–Kier alpha value is -2.22. The number of rotatable bonds is 6. The maximum atomic E-state index is 11.9. The van der Waals surface area contributed by atoms with E-state index in [-0.39, 0.29) is 0 Å². The number of nitrogens with zero attached hydrogens (tertiary/aromatic N) is 1. The number of carbonyl (C=O) groups is 3. The summed E-state index contributed by atoms with van der Waals surface area (Å²) in [5.74, 6) is -2.00. The molecule has 0 aliphatic rings. The Morgan fingerprint density at radius 2 is 2.05 bits per heavy atom. The number of amides is 3. The molecule has 7 nitrogen and oxygen atoms in total. The highest BCUT2D eigenvalue weighted by molar-refractivity contribution is 7.98. The van der Waals surface area contributed by atoms with Gasteiger partial charge in [0, 0.05) is 10.6 Å². The molecule has 0 heterocycles. The predicted octanol–water partition coefficient (Wildman–Crippen LogP) is 0.812. The normalized spacial score (nSPS) is 9.85. The third-order valence-corrected chi connectivity index (χ3v) is 3.01. The molecule has 0 saturated heterocycles. The summed E-state index contributed by atoms with van der Waals surface area (Å²) in [4.78, 5) is 35.2. The molecule has 0 spiro atoms. The molecule has 1 aromatic carbocycles. The molecule has 108 valence electrons. The summed E-state index contributed by atoms with van der Waals surface area (Å²) in [6, 6.07) is 6.35. The van der Waals surface area contributed by atoms with Crippen molar-refractivity contribution >= 4 is 35.4 Å². The van der Waals surface area contributed by atoms with Crippen molar-refractivity contribution in [1.29, 1.82) is 0 Å². The highest BCUT2D eigenvalue weighted by Crippen LogP contribution is 2.19. The average Bonchev–Trinajstić information content (AvgIpc) is 2.37. The highest BCUT2D eigenvalue weighted by atomic mass is 32.2. The number of thioether (sulfide) groups is 1. The summed E-state index contributed by atoms with van der Waals surface area (Å²) in [5.41, 5.74) is 5.50. The van der Waals surface area contributed by atoms with Gasteiger partial charge in [0.15, 0.2) is 0 Å². The molecule has 0 aromatic heterocycles. The van der Waals surface area contributed by atoms with Crippen molar-refractivity contribution in [3.05, 3.63) is 24.3 Å². The number of carbonyl (C=O) groups excluding carboxylic acids is 2. The lowest BCUT2D eigenvalue weighted by Crippen LogP contribution is -2.43. The number of carboxylic acid groups (broad SMARTS) is 1. The van der Waals surface area contributed by atoms with Crippen LogP contribution in [0.2, 0.25) is 0 Å². The first-order valence-electron chi connectivity index (χ1n) is 5.62. The Kier molecular flexibility index (Phi) is 5.85. The molecular weight excluding hydrogens is 282 g/mol. The van der Waals surface area contributed by atoms with E-state index >= 15 is 0 Å². The van der Waals surface area contributed by atoms with Crippen molar-refractivity contribution in [1.82, 2.24) is 4.90 Å². The van der Waals surface area contributed by atoms with Crippen molar-refractivity contribution in [3.8, 4) is 0 Å². The van der Waals surface area contributed by atoms with Crippen molar-refractivity contribution < 1.29 is 19.5 Å². The molecule has 0 atom stereocenters. The van der Waals surface area contributed by atoms with Gasteiger partial charge in [0.1, 0.15) is 13.1 Å². The Labute approximate surface area is 120 Å². The van der Waals surface area contributed by atoms with Crippen LogP contribution in [-0.4, -0.2) is 47.3 Å². The number of aliphatic carboxylic acids is 1. The van der Waals surface area contributed by atoms with Gasteiger partial charge < -0.3 is 21.1 Å². The van der Waals surface area contributed by atoms with E-state index in [2.05, 4.69) is 5.32 Å². The summed E-state index contributed by atoms with van der Waals surface area (Å²) in [5, 5.41) is 11.2. The second-order valence-electron chi connectivity index (χ2n) is 3.88. The molecule has 20 heavy (non-hydrogen) atoms. The van der Waals surface area contributed by atoms with Crippen LogP contribution in [0, 0.1) is 0 Å². The smallest absolute Gasteiger partial charge is 0.323 e. The van der Waals surface area contributed by atoms with Crippen LogP contribution < -0.4 is 11.1 Å². The van der Waals surface area contributed by atoms with Crippen LogP contribution >= 0.6 is 11.8 Å². The summed E-state index contributed by atoms with van der Waals surface area (Å²) >= 11 is 1.51. The number of hydrogen-bond donors (Lipinski definition) is 3. The molecule has 0 radical (unpaired) electrons. The van der Waals surface area contributed by atoms with Crippen LogP contribution in [-0.2, 0) is 9.59 Å². The van der Waals surface area contributed by atoms with E-state index in [1.54, 1.807) is 18.2 Å². The summed E-state index contributed by atoms with van der Waals surface area (Å²) in [6.45, 7) is -1.06. The minimum absolute atomic E-state index is 0.458. The van der Waals surface area contributed by atoms with Gasteiger partial charge in [-0.15, -0.1) is 11.8 Å². The molecule has 0 fully saturated rings. The fraction of sp³-hybridized carbons (Fsp3) is 0.250. The number of nitrogens with one attached hydrogen (secondary N) is 1. The van der Waals surface area contributed by atoms with Crippen LogP contribution in [0.1, 0.15) is 0 Å². The predicted molar refractivity (Wildman–Crippen MR) is 75.6 cm³/mol. The number of primary amides is 1. The van der Waals surface area contributed by atoms with Crippen LogP contribution in [0.3, 0.4) is 0 Å². The maximum absolute atomic E-state index is 11.9. The van der Waals surface area contributed by atoms with E-state index < -0.39 is 31.0 Å². The topological polar surface area (TPSA) is 113 Å². The fourth-order valence-electron chi connectivity index (χ4n) is 1.45. The van der Waals surface area contributed by atoms with Gasteiger partial charge in [-0.2, -0.15) is 0 Å². The first kappa shape index (κ1) is 15.8. The van der Waals surface area contributed by atoms with Gasteiger partial charge in [-0.05, 0) is 24.5 Å². The van der Waals surface area contributed by atoms with Gasteiger partial charge in [0.05, 0.1) is 0 Å². The number of nitrogens with two attached hydrogens (primary N) is 1. The average molecular weight is 297 g/mol. The van der Waals surface area contributed by atoms with Crippen LogP contribution in [0.5, 0.6) is 0 Å². The molecule has 0 aliphatic heterocycles. The number of hydrogen-bond acceptors (Lipinski definition) is 4. The van der Waals surface area contributed by atoms with Gasteiger partial charge in [0.2, 0.25) is 5.91 Å². The lowest BCUT2D eigenvalue weighted by atomic mass is 10.3. The van der Waals surface area contributed by atoms with E-state index in [0.717, 1.165) is 9.80 Å². The second kappa shape index (κ2) is 7.39. The van der Waals surface area contributed by atoms with Gasteiger partial charge in [0.25, 0.3) is 0 Å². The molecule has 3 amide bonds. The molecular formula is C12H15N3O4S. The summed E-state index contributed by atoms with van der Waals surface area (Å²) in [6.07, 6.45) is 1.89. The van der Waals surface area contributed by atoms with E-state index in [0.29, 0.717) is 5.69 Å². The molecule has 0 unspecified atom stereocenters. The minimum atomic E-state index is -1.22. The van der Waals surface area contributed by atoms with Crippen LogP contribution in [0.15, 0.2) is 29.2 Å². The van der Waals surface area contributed by atoms with E-state index in [9.17, 15) is 14.4 Å². The summed E-state index contributed by atoms with van der Waals surface area (Å²) in [7, 11) is 0. The first-order chi connectivity index (χ1) is 9.42. The largest absolute Gasteiger partial charge is 0.480 e. The van der Waals surface area contributed by atoms with E-state index in [1.165, 1.54) is 11.8 Å². The lowest BCUT2D eigenvalue weighted by Gasteiger charge is -2.19. The molecule has 1 aromatic rings. The van der Waals surface area contributed by atoms with Gasteiger partial charge >= 0.3 is 12.0 Å². The molecule has 4 N–H and O–H groups in total. The maximum Gasteiger partial charge on any atom is 0.323 e. The SMILES string of the molecule is CSc1cccc(NC(=O)N(CC(N)=O)CC(=O)O)c1. The second-order valence-corrected chi connectivity index (χ2v) is 4.76. The lowest BCUT2D eigenvalue weighted by molar-refractivity contribution is -0.137. The van der Waals surface area contributed by atoms with E-state index in [1.807, 2.05) is 12.3 Å². The quantitative estimate of drug-likeness (QED) is 0.673. The first-order valence-corrected chi connectivity index (χ1v) is 6.85. The Morgan fingerprint density at radius 1 is 1.35 bits per heavy atom. The monoisotopic (exact) mass is 297 g/mol. The molecule has 0 saturated carbocycles. The Balaban J connectivity index is 2.78. The molecule has 1 rings (SSSR count). The van der Waals surface area contributed by atoms with Crippen molar-refractivity contribution in [3.63, 3.8) is 0 Å². The number of carboxylic acids is 1. The van der Waals surface area contributed by atoms with Gasteiger partial charge in [-0.25, -0.2) is 4.79 Å². The number of anilines is 1. The van der Waals surface area contributed by atoms with Gasteiger partial charge in [-0.1, -0.05) is 6.07 Å². The third-order valence-electron chi connectivity index (χ3n) is 2.28. The van der Waals surface area contributed by atoms with E-state index in [4.69, 9.17) is 10.8 Å². The minimum Gasteiger partial charge on any atom is -0.480 e. The molecule has 0 bridgehead atoms. The number of benzene rings is 1. The van der Waals surface area contributed by atoms with Crippen LogP contribution in [0.4, 0.5) is 10.5 Å².